The summed E-state index contributed by atoms with van der Waals surface area (Å²) in [5, 5.41) is 0. The molecule has 1 rings (SSSR count). The smallest absolute Gasteiger partial charge is 0.0414 e. The van der Waals surface area contributed by atoms with Crippen LogP contribution in [-0.4, -0.2) is 0 Å². The van der Waals surface area contributed by atoms with Crippen LogP contribution in [0.4, 0.5) is 0 Å². The third kappa shape index (κ3) is 2.72. The molecule has 1 aliphatic carbocycles. The fourth-order valence-electron chi connectivity index (χ4n) is 1.87. The quantitative estimate of drug-likeness (QED) is 0.561. The Hall–Kier alpha value is 0. The lowest BCUT2D eigenvalue weighted by Gasteiger charge is -2.09. The molecule has 0 aromatic heterocycles. The van der Waals surface area contributed by atoms with Gasteiger partial charge in [0.2, 0.25) is 0 Å². The van der Waals surface area contributed by atoms with Crippen LogP contribution in [0, 0.1) is 11.8 Å². The lowest BCUT2D eigenvalue weighted by Crippen LogP contribution is -1.96. The summed E-state index contributed by atoms with van der Waals surface area (Å²) in [6.07, 6.45) is 8.99. The van der Waals surface area contributed by atoms with Crippen LogP contribution in [0.2, 0.25) is 0 Å². The normalized spacial score (nSPS) is 20.7. The van der Waals surface area contributed by atoms with Crippen LogP contribution in [-0.2, 0) is 0 Å². The zero-order valence-corrected chi connectivity index (χ0v) is 7.40. The first kappa shape index (κ1) is 8.10. The molecular weight excluding hydrogens is 120 g/mol. The van der Waals surface area contributed by atoms with Gasteiger partial charge in [0.05, 0.1) is 0 Å². The second kappa shape index (κ2) is 4.00. The van der Waals surface area contributed by atoms with E-state index in [1.54, 1.807) is 0 Å². The van der Waals surface area contributed by atoms with Crippen LogP contribution in [0.3, 0.4) is 0 Å². The van der Waals surface area contributed by atoms with Crippen LogP contribution in [0.1, 0.15) is 52.4 Å². The molecule has 10 heavy (non-hydrogen) atoms. The van der Waals surface area contributed by atoms with Crippen LogP contribution < -0.4 is 0 Å². The standard InChI is InChI=1S/C10H20/c1-9(2)7-8-10-5-3-4-6-10/h9-10H,3-8H2,1-2H3. The van der Waals surface area contributed by atoms with E-state index in [9.17, 15) is 0 Å². The topological polar surface area (TPSA) is 0 Å². The van der Waals surface area contributed by atoms with Gasteiger partial charge < -0.3 is 0 Å². The van der Waals surface area contributed by atoms with E-state index < -0.39 is 0 Å². The predicted octanol–water partition coefficient (Wildman–Crippen LogP) is 3.61. The molecule has 0 N–H and O–H groups in total. The Morgan fingerprint density at radius 1 is 1.20 bits per heavy atom. The van der Waals surface area contributed by atoms with Crippen molar-refractivity contribution in [3.8, 4) is 0 Å². The Morgan fingerprint density at radius 3 is 2.30 bits per heavy atom. The minimum Gasteiger partial charge on any atom is -0.0628 e. The van der Waals surface area contributed by atoms with E-state index in [1.165, 1.54) is 38.5 Å². The summed E-state index contributed by atoms with van der Waals surface area (Å²) in [4.78, 5) is 0. The number of hydrogen-bond acceptors (Lipinski definition) is 0. The second-order valence-corrected chi connectivity index (χ2v) is 4.12. The Labute approximate surface area is 65.0 Å². The summed E-state index contributed by atoms with van der Waals surface area (Å²) in [6, 6.07) is 0. The lowest BCUT2D eigenvalue weighted by molar-refractivity contribution is 0.432. The van der Waals surface area contributed by atoms with Gasteiger partial charge in [-0.2, -0.15) is 0 Å². The maximum Gasteiger partial charge on any atom is -0.0414 e. The van der Waals surface area contributed by atoms with Crippen molar-refractivity contribution in [2.75, 3.05) is 0 Å². The highest BCUT2D eigenvalue weighted by Crippen LogP contribution is 2.29. The maximum atomic E-state index is 2.33. The monoisotopic (exact) mass is 140 g/mol. The van der Waals surface area contributed by atoms with E-state index in [1.807, 2.05) is 0 Å². The summed E-state index contributed by atoms with van der Waals surface area (Å²) >= 11 is 0. The van der Waals surface area contributed by atoms with Gasteiger partial charge in [-0.05, 0) is 11.8 Å². The minimum atomic E-state index is 0.917. The number of rotatable bonds is 3. The average Bonchev–Trinajstić information content (AvgIpc) is 2.34. The van der Waals surface area contributed by atoms with Crippen molar-refractivity contribution in [1.82, 2.24) is 0 Å². The molecule has 1 fully saturated rings. The maximum absolute atomic E-state index is 2.33. The molecule has 0 nitrogen and oxygen atoms in total. The fraction of sp³-hybridized carbons (Fsp3) is 1.00. The molecular formula is C10H20. The van der Waals surface area contributed by atoms with Crippen molar-refractivity contribution in [2.24, 2.45) is 11.8 Å². The van der Waals surface area contributed by atoms with Crippen LogP contribution in [0.15, 0.2) is 0 Å². The zero-order valence-electron chi connectivity index (χ0n) is 7.40. The van der Waals surface area contributed by atoms with E-state index in [0.717, 1.165) is 11.8 Å². The van der Waals surface area contributed by atoms with Gasteiger partial charge >= 0.3 is 0 Å². The third-order valence-electron chi connectivity index (χ3n) is 2.63. The fourth-order valence-corrected chi connectivity index (χ4v) is 1.87. The molecule has 0 amide bonds. The first-order valence-corrected chi connectivity index (χ1v) is 4.79. The highest BCUT2D eigenvalue weighted by molar-refractivity contribution is 4.67. The van der Waals surface area contributed by atoms with Crippen molar-refractivity contribution >= 4 is 0 Å². The summed E-state index contributed by atoms with van der Waals surface area (Å²) in [7, 11) is 0. The highest BCUT2D eigenvalue weighted by atomic mass is 14.2. The SMILES string of the molecule is CC(C)CCC1CCCC1. The first-order chi connectivity index (χ1) is 4.79. The van der Waals surface area contributed by atoms with E-state index in [0.29, 0.717) is 0 Å². The molecule has 0 saturated heterocycles. The van der Waals surface area contributed by atoms with Gasteiger partial charge in [0.1, 0.15) is 0 Å². The molecule has 1 aliphatic rings. The molecule has 0 spiro atoms. The lowest BCUT2D eigenvalue weighted by atomic mass is 9.97. The Morgan fingerprint density at radius 2 is 1.80 bits per heavy atom. The van der Waals surface area contributed by atoms with Gasteiger partial charge in [-0.1, -0.05) is 52.4 Å². The molecule has 0 radical (unpaired) electrons. The van der Waals surface area contributed by atoms with Gasteiger partial charge in [0.15, 0.2) is 0 Å². The van der Waals surface area contributed by atoms with Crippen molar-refractivity contribution in [1.29, 1.82) is 0 Å². The molecule has 1 saturated carbocycles. The molecule has 0 aromatic rings. The van der Waals surface area contributed by atoms with Crippen LogP contribution in [0.5, 0.6) is 0 Å². The molecule has 0 atom stereocenters. The average molecular weight is 140 g/mol. The molecule has 0 aliphatic heterocycles. The first-order valence-electron chi connectivity index (χ1n) is 4.79. The molecule has 60 valence electrons. The van der Waals surface area contributed by atoms with E-state index in [-0.39, 0.29) is 0 Å². The van der Waals surface area contributed by atoms with Gasteiger partial charge in [0.25, 0.3) is 0 Å². The van der Waals surface area contributed by atoms with Gasteiger partial charge in [-0.15, -0.1) is 0 Å². The van der Waals surface area contributed by atoms with Crippen LogP contribution in [0.25, 0.3) is 0 Å². The molecule has 0 aromatic carbocycles. The Balaban J connectivity index is 2.01. The van der Waals surface area contributed by atoms with Crippen molar-refractivity contribution in [3.05, 3.63) is 0 Å². The van der Waals surface area contributed by atoms with E-state index in [2.05, 4.69) is 13.8 Å². The zero-order chi connectivity index (χ0) is 7.40. The predicted molar refractivity (Wildman–Crippen MR) is 46.0 cm³/mol. The third-order valence-corrected chi connectivity index (χ3v) is 2.63. The van der Waals surface area contributed by atoms with Gasteiger partial charge in [-0.25, -0.2) is 0 Å². The summed E-state index contributed by atoms with van der Waals surface area (Å²) in [6.45, 7) is 4.66. The highest BCUT2D eigenvalue weighted by Gasteiger charge is 2.14. The molecule has 0 bridgehead atoms. The summed E-state index contributed by atoms with van der Waals surface area (Å²) in [5.41, 5.74) is 0. The van der Waals surface area contributed by atoms with E-state index >= 15 is 0 Å². The van der Waals surface area contributed by atoms with Crippen LogP contribution >= 0.6 is 0 Å². The van der Waals surface area contributed by atoms with E-state index in [4.69, 9.17) is 0 Å². The minimum absolute atomic E-state index is 0.917. The van der Waals surface area contributed by atoms with Gasteiger partial charge in [0, 0.05) is 0 Å². The summed E-state index contributed by atoms with van der Waals surface area (Å²) < 4.78 is 0. The second-order valence-electron chi connectivity index (χ2n) is 4.12. The van der Waals surface area contributed by atoms with Crippen molar-refractivity contribution in [3.63, 3.8) is 0 Å². The van der Waals surface area contributed by atoms with Gasteiger partial charge in [-0.3, -0.25) is 0 Å². The van der Waals surface area contributed by atoms with Crippen molar-refractivity contribution in [2.45, 2.75) is 52.4 Å². The summed E-state index contributed by atoms with van der Waals surface area (Å²) in [5.74, 6) is 2.02. The molecule has 0 unspecified atom stereocenters. The number of hydrogen-bond donors (Lipinski definition) is 0. The van der Waals surface area contributed by atoms with Crippen molar-refractivity contribution < 1.29 is 0 Å². The molecule has 0 heteroatoms. The molecule has 0 heterocycles. The Bertz CT molecular complexity index is 78.0. The Kier molecular flexibility index (Phi) is 3.24. The largest absolute Gasteiger partial charge is 0.0628 e.